The molecule has 0 bridgehead atoms. The largest absolute Gasteiger partial charge is 0.476 e. The Bertz CT molecular complexity index is 698. The number of amides is 1. The van der Waals surface area contributed by atoms with Gasteiger partial charge in [0, 0.05) is 24.7 Å². The van der Waals surface area contributed by atoms with E-state index in [2.05, 4.69) is 20.5 Å². The van der Waals surface area contributed by atoms with Crippen LogP contribution >= 0.6 is 0 Å². The van der Waals surface area contributed by atoms with E-state index in [1.165, 1.54) is 19.3 Å². The third kappa shape index (κ3) is 6.22. The Morgan fingerprint density at radius 1 is 1.33 bits per heavy atom. The van der Waals surface area contributed by atoms with Crippen LogP contribution in [-0.4, -0.2) is 64.8 Å². The molecule has 0 spiro atoms. The summed E-state index contributed by atoms with van der Waals surface area (Å²) in [5, 5.41) is 16.9. The highest BCUT2D eigenvalue weighted by Crippen LogP contribution is 2.32. The van der Waals surface area contributed by atoms with Gasteiger partial charge in [0.2, 0.25) is 5.88 Å². The zero-order chi connectivity index (χ0) is 21.6. The van der Waals surface area contributed by atoms with Crippen molar-refractivity contribution < 1.29 is 14.6 Å². The van der Waals surface area contributed by atoms with Crippen molar-refractivity contribution in [2.45, 2.75) is 76.5 Å². The van der Waals surface area contributed by atoms with Crippen LogP contribution in [0.3, 0.4) is 0 Å². The number of pyridine rings is 1. The van der Waals surface area contributed by atoms with Crippen molar-refractivity contribution in [2.75, 3.05) is 37.3 Å². The molecule has 8 nitrogen and oxygen atoms in total. The summed E-state index contributed by atoms with van der Waals surface area (Å²) in [6, 6.07) is 2.00. The lowest BCUT2D eigenvalue weighted by molar-refractivity contribution is -0.143. The molecule has 3 rings (SSSR count). The van der Waals surface area contributed by atoms with E-state index in [4.69, 9.17) is 10.5 Å². The molecule has 2 heterocycles. The SMILES string of the molecule is CC(C)NC(=O)[C@]1(O)CC[C@H](Nc2cc(OCCN3CCCCC3)ncc2N)CC1. The molecular formula is C22H37N5O3. The first-order valence-electron chi connectivity index (χ1n) is 11.3. The zero-order valence-electron chi connectivity index (χ0n) is 18.3. The number of aromatic nitrogens is 1. The highest BCUT2D eigenvalue weighted by molar-refractivity contribution is 5.85. The maximum Gasteiger partial charge on any atom is 0.252 e. The number of hydrogen-bond acceptors (Lipinski definition) is 7. The Hall–Kier alpha value is -2.06. The van der Waals surface area contributed by atoms with Gasteiger partial charge in [-0.2, -0.15) is 0 Å². The Kier molecular flexibility index (Phi) is 7.77. The van der Waals surface area contributed by atoms with Crippen LogP contribution in [0.2, 0.25) is 0 Å². The second kappa shape index (κ2) is 10.3. The number of hydrogen-bond donors (Lipinski definition) is 4. The summed E-state index contributed by atoms with van der Waals surface area (Å²) in [7, 11) is 0. The van der Waals surface area contributed by atoms with Crippen molar-refractivity contribution in [3.05, 3.63) is 12.3 Å². The summed E-state index contributed by atoms with van der Waals surface area (Å²) >= 11 is 0. The number of nitrogens with zero attached hydrogens (tertiary/aromatic N) is 2. The minimum atomic E-state index is -1.28. The van der Waals surface area contributed by atoms with Gasteiger partial charge in [-0.05, 0) is 65.5 Å². The predicted molar refractivity (Wildman–Crippen MR) is 119 cm³/mol. The Morgan fingerprint density at radius 2 is 2.03 bits per heavy atom. The molecule has 1 saturated carbocycles. The van der Waals surface area contributed by atoms with E-state index in [1.54, 1.807) is 6.20 Å². The minimum absolute atomic E-state index is 0.0160. The van der Waals surface area contributed by atoms with Crippen molar-refractivity contribution in [1.29, 1.82) is 0 Å². The van der Waals surface area contributed by atoms with Crippen LogP contribution in [0.15, 0.2) is 12.3 Å². The van der Waals surface area contributed by atoms with Gasteiger partial charge in [0.25, 0.3) is 5.91 Å². The number of aliphatic hydroxyl groups is 1. The van der Waals surface area contributed by atoms with E-state index in [0.717, 1.165) is 25.3 Å². The fourth-order valence-electron chi connectivity index (χ4n) is 4.20. The number of carbonyl (C=O) groups is 1. The van der Waals surface area contributed by atoms with Crippen LogP contribution in [0.1, 0.15) is 58.8 Å². The van der Waals surface area contributed by atoms with Crippen LogP contribution in [0.5, 0.6) is 5.88 Å². The Morgan fingerprint density at radius 3 is 2.70 bits per heavy atom. The van der Waals surface area contributed by atoms with E-state index in [0.29, 0.717) is 43.9 Å². The topological polar surface area (TPSA) is 113 Å². The van der Waals surface area contributed by atoms with Crippen molar-refractivity contribution in [3.8, 4) is 5.88 Å². The monoisotopic (exact) mass is 419 g/mol. The van der Waals surface area contributed by atoms with Gasteiger partial charge in [-0.1, -0.05) is 6.42 Å². The summed E-state index contributed by atoms with van der Waals surface area (Å²) in [5.41, 5.74) is 6.18. The van der Waals surface area contributed by atoms with Crippen LogP contribution in [0.25, 0.3) is 0 Å². The number of piperidine rings is 1. The van der Waals surface area contributed by atoms with E-state index in [-0.39, 0.29) is 18.0 Å². The standard InChI is InChI=1S/C22H37N5O3/c1-16(2)25-21(28)22(29)8-6-17(7-9-22)26-19-14-20(24-15-18(19)23)30-13-12-27-10-4-3-5-11-27/h14-17,29H,3-13,23H2,1-2H3,(H,24,26)(H,25,28)/t17-,22-. The molecule has 1 aliphatic heterocycles. The molecular weight excluding hydrogens is 382 g/mol. The molecule has 5 N–H and O–H groups in total. The number of carbonyl (C=O) groups excluding carboxylic acids is 1. The molecule has 1 aromatic rings. The van der Waals surface area contributed by atoms with Gasteiger partial charge in [-0.25, -0.2) is 4.98 Å². The molecule has 1 amide bonds. The van der Waals surface area contributed by atoms with E-state index in [1.807, 2.05) is 19.9 Å². The van der Waals surface area contributed by atoms with Gasteiger partial charge in [0.05, 0.1) is 17.6 Å². The van der Waals surface area contributed by atoms with Crippen LogP contribution in [0, 0.1) is 0 Å². The number of rotatable bonds is 8. The Balaban J connectivity index is 1.49. The highest BCUT2D eigenvalue weighted by atomic mass is 16.5. The normalized spacial score (nSPS) is 25.1. The fraction of sp³-hybridized carbons (Fsp3) is 0.727. The van der Waals surface area contributed by atoms with Gasteiger partial charge in [-0.15, -0.1) is 0 Å². The molecule has 2 aliphatic rings. The summed E-state index contributed by atoms with van der Waals surface area (Å²) in [5.74, 6) is 0.288. The van der Waals surface area contributed by atoms with Gasteiger partial charge >= 0.3 is 0 Å². The first-order valence-corrected chi connectivity index (χ1v) is 11.3. The average molecular weight is 420 g/mol. The van der Waals surface area contributed by atoms with Crippen LogP contribution in [-0.2, 0) is 4.79 Å². The second-order valence-corrected chi connectivity index (χ2v) is 8.94. The summed E-state index contributed by atoms with van der Waals surface area (Å²) in [4.78, 5) is 19.0. The zero-order valence-corrected chi connectivity index (χ0v) is 18.3. The van der Waals surface area contributed by atoms with Crippen molar-refractivity contribution in [3.63, 3.8) is 0 Å². The third-order valence-electron chi connectivity index (χ3n) is 6.03. The Labute approximate surface area is 179 Å². The predicted octanol–water partition coefficient (Wildman–Crippen LogP) is 2.14. The number of nitrogens with one attached hydrogen (secondary N) is 2. The third-order valence-corrected chi connectivity index (χ3v) is 6.03. The van der Waals surface area contributed by atoms with E-state index in [9.17, 15) is 9.90 Å². The molecule has 1 aromatic heterocycles. The van der Waals surface area contributed by atoms with Crippen molar-refractivity contribution in [2.24, 2.45) is 0 Å². The number of likely N-dealkylation sites (tertiary alicyclic amines) is 1. The fourth-order valence-corrected chi connectivity index (χ4v) is 4.20. The molecule has 2 fully saturated rings. The lowest BCUT2D eigenvalue weighted by Gasteiger charge is -2.36. The second-order valence-electron chi connectivity index (χ2n) is 8.94. The van der Waals surface area contributed by atoms with Gasteiger partial charge < -0.3 is 26.2 Å². The molecule has 0 aromatic carbocycles. The summed E-state index contributed by atoms with van der Waals surface area (Å²) in [6.07, 6.45) is 7.71. The number of nitrogens with two attached hydrogens (primary N) is 1. The van der Waals surface area contributed by atoms with E-state index < -0.39 is 5.60 Å². The van der Waals surface area contributed by atoms with Gasteiger partial charge in [0.1, 0.15) is 12.2 Å². The molecule has 30 heavy (non-hydrogen) atoms. The number of anilines is 2. The smallest absolute Gasteiger partial charge is 0.252 e. The maximum atomic E-state index is 12.3. The molecule has 0 unspecified atom stereocenters. The summed E-state index contributed by atoms with van der Waals surface area (Å²) < 4.78 is 5.85. The van der Waals surface area contributed by atoms with Gasteiger partial charge in [0.15, 0.2) is 0 Å². The molecule has 0 radical (unpaired) electrons. The van der Waals surface area contributed by atoms with Crippen molar-refractivity contribution in [1.82, 2.24) is 15.2 Å². The van der Waals surface area contributed by atoms with Crippen molar-refractivity contribution >= 4 is 17.3 Å². The maximum absolute atomic E-state index is 12.3. The lowest BCUT2D eigenvalue weighted by atomic mass is 9.81. The minimum Gasteiger partial charge on any atom is -0.476 e. The van der Waals surface area contributed by atoms with Gasteiger partial charge in [-0.3, -0.25) is 9.69 Å². The first-order chi connectivity index (χ1) is 14.4. The molecule has 168 valence electrons. The number of ether oxygens (including phenoxy) is 1. The lowest BCUT2D eigenvalue weighted by Crippen LogP contribution is -2.52. The van der Waals surface area contributed by atoms with Crippen LogP contribution in [0.4, 0.5) is 11.4 Å². The quantitative estimate of drug-likeness (QED) is 0.511. The number of nitrogen functional groups attached to an aromatic ring is 1. The molecule has 1 saturated heterocycles. The molecule has 8 heteroatoms. The first kappa shape index (κ1) is 22.6. The van der Waals surface area contributed by atoms with E-state index >= 15 is 0 Å². The average Bonchev–Trinajstić information content (AvgIpc) is 2.72. The summed E-state index contributed by atoms with van der Waals surface area (Å²) in [6.45, 7) is 7.61. The van der Waals surface area contributed by atoms with Crippen LogP contribution < -0.4 is 21.1 Å². The highest BCUT2D eigenvalue weighted by Gasteiger charge is 2.40. The molecule has 1 aliphatic carbocycles. The molecule has 0 atom stereocenters.